The number of carbonyl (C=O) groups is 3. The number of nitrogens with one attached hydrogen (secondary N) is 1. The van der Waals surface area contributed by atoms with E-state index in [1.807, 2.05) is 0 Å². The van der Waals surface area contributed by atoms with Gasteiger partial charge in [0.05, 0.1) is 12.1 Å². The third-order valence-electron chi connectivity index (χ3n) is 2.44. The number of carbonyl (C=O) groups excluding carboxylic acids is 3. The van der Waals surface area contributed by atoms with Gasteiger partial charge in [-0.05, 0) is 39.0 Å². The topological polar surface area (TPSA) is 81.7 Å². The molecule has 6 nitrogen and oxygen atoms in total. The van der Waals surface area contributed by atoms with Gasteiger partial charge in [0.15, 0.2) is 5.78 Å². The van der Waals surface area contributed by atoms with Crippen molar-refractivity contribution in [2.24, 2.45) is 0 Å². The fourth-order valence-electron chi connectivity index (χ4n) is 1.54. The normalized spacial score (nSPS) is 10.8. The van der Waals surface area contributed by atoms with E-state index in [4.69, 9.17) is 16.3 Å². The monoisotopic (exact) mass is 327 g/mol. The first-order valence-electron chi connectivity index (χ1n) is 6.52. The van der Waals surface area contributed by atoms with Gasteiger partial charge in [0.2, 0.25) is 0 Å². The van der Waals surface area contributed by atoms with E-state index in [2.05, 4.69) is 10.1 Å². The van der Waals surface area contributed by atoms with Gasteiger partial charge in [-0.15, -0.1) is 0 Å². The second-order valence-corrected chi connectivity index (χ2v) is 5.90. The molecular formula is C15H18ClNO5. The van der Waals surface area contributed by atoms with Crippen LogP contribution < -0.4 is 5.32 Å². The molecule has 0 aliphatic rings. The van der Waals surface area contributed by atoms with Gasteiger partial charge in [0.1, 0.15) is 12.0 Å². The maximum atomic E-state index is 12.0. The van der Waals surface area contributed by atoms with Gasteiger partial charge < -0.3 is 9.47 Å². The van der Waals surface area contributed by atoms with Crippen molar-refractivity contribution in [2.45, 2.75) is 32.8 Å². The van der Waals surface area contributed by atoms with Crippen molar-refractivity contribution in [3.05, 3.63) is 28.8 Å². The number of ketones is 1. The zero-order valence-electron chi connectivity index (χ0n) is 12.9. The molecule has 0 saturated carbocycles. The number of hydrogen-bond donors (Lipinski definition) is 1. The summed E-state index contributed by atoms with van der Waals surface area (Å²) >= 11 is 5.94. The van der Waals surface area contributed by atoms with Crippen LogP contribution in [0.1, 0.15) is 37.6 Å². The Balaban J connectivity index is 2.88. The lowest BCUT2D eigenvalue weighted by Gasteiger charge is -2.19. The number of Topliss-reactive ketones (excluding diaryl/α,β-unsaturated/α-hetero) is 1. The van der Waals surface area contributed by atoms with E-state index >= 15 is 0 Å². The van der Waals surface area contributed by atoms with Crippen molar-refractivity contribution in [1.29, 1.82) is 0 Å². The maximum Gasteiger partial charge on any atom is 0.412 e. The molecule has 0 bridgehead atoms. The Kier molecular flexibility index (Phi) is 5.93. The summed E-state index contributed by atoms with van der Waals surface area (Å²) in [5, 5.41) is 2.68. The predicted octanol–water partition coefficient (Wildman–Crippen LogP) is 3.43. The van der Waals surface area contributed by atoms with Crippen LogP contribution in [0.3, 0.4) is 0 Å². The lowest BCUT2D eigenvalue weighted by atomic mass is 10.1. The smallest absolute Gasteiger partial charge is 0.412 e. The zero-order valence-corrected chi connectivity index (χ0v) is 13.6. The minimum Gasteiger partial charge on any atom is -0.469 e. The van der Waals surface area contributed by atoms with E-state index in [-0.39, 0.29) is 10.6 Å². The Hall–Kier alpha value is -2.08. The molecule has 0 atom stereocenters. The number of hydrogen-bond acceptors (Lipinski definition) is 5. The number of methoxy groups -OCH3 is 1. The van der Waals surface area contributed by atoms with Crippen LogP contribution in [0.15, 0.2) is 18.2 Å². The van der Waals surface area contributed by atoms with Crippen LogP contribution in [-0.2, 0) is 14.3 Å². The van der Waals surface area contributed by atoms with E-state index in [9.17, 15) is 14.4 Å². The summed E-state index contributed by atoms with van der Waals surface area (Å²) in [6, 6.07) is 4.37. The summed E-state index contributed by atoms with van der Waals surface area (Å²) in [7, 11) is 1.19. The first kappa shape index (κ1) is 18.0. The molecule has 7 heteroatoms. The molecule has 0 unspecified atom stereocenters. The highest BCUT2D eigenvalue weighted by Crippen LogP contribution is 2.22. The summed E-state index contributed by atoms with van der Waals surface area (Å²) < 4.78 is 9.55. The second kappa shape index (κ2) is 7.26. The molecule has 0 spiro atoms. The molecule has 1 aromatic rings. The van der Waals surface area contributed by atoms with Crippen molar-refractivity contribution >= 4 is 35.1 Å². The Morgan fingerprint density at radius 3 is 2.41 bits per heavy atom. The number of esters is 1. The second-order valence-electron chi connectivity index (χ2n) is 5.50. The van der Waals surface area contributed by atoms with Gasteiger partial charge in [-0.2, -0.15) is 0 Å². The molecule has 1 rings (SSSR count). The fraction of sp³-hybridized carbons (Fsp3) is 0.400. The highest BCUT2D eigenvalue weighted by atomic mass is 35.5. The van der Waals surface area contributed by atoms with Gasteiger partial charge >= 0.3 is 12.1 Å². The third-order valence-corrected chi connectivity index (χ3v) is 2.77. The molecule has 0 aromatic heterocycles. The minimum atomic E-state index is -0.661. The summed E-state index contributed by atoms with van der Waals surface area (Å²) in [6.45, 7) is 5.21. The fourth-order valence-corrected chi connectivity index (χ4v) is 1.76. The lowest BCUT2D eigenvalue weighted by Crippen LogP contribution is -2.27. The largest absolute Gasteiger partial charge is 0.469 e. The lowest BCUT2D eigenvalue weighted by molar-refractivity contribution is -0.139. The summed E-state index contributed by atoms with van der Waals surface area (Å²) in [4.78, 5) is 34.8. The van der Waals surface area contributed by atoms with E-state index in [1.165, 1.54) is 25.3 Å². The standard InChI is InChI=1S/C15H18ClNO5/c1-15(2,3)22-14(20)17-9-5-6-11(16)10(7-9)12(18)8-13(19)21-4/h5-7H,8H2,1-4H3,(H,17,20). The minimum absolute atomic E-state index is 0.126. The third kappa shape index (κ3) is 5.73. The van der Waals surface area contributed by atoms with Crippen LogP contribution in [0.25, 0.3) is 0 Å². The zero-order chi connectivity index (χ0) is 16.9. The van der Waals surface area contributed by atoms with Gasteiger partial charge in [-0.1, -0.05) is 11.6 Å². The molecule has 0 heterocycles. The summed E-state index contributed by atoms with van der Waals surface area (Å²) in [5.41, 5.74) is -0.174. The van der Waals surface area contributed by atoms with Crippen LogP contribution in [0, 0.1) is 0 Å². The molecule has 1 aromatic carbocycles. The van der Waals surface area contributed by atoms with Crippen LogP contribution in [0.2, 0.25) is 5.02 Å². The average molecular weight is 328 g/mol. The van der Waals surface area contributed by atoms with Gasteiger partial charge in [0, 0.05) is 11.3 Å². The SMILES string of the molecule is COC(=O)CC(=O)c1cc(NC(=O)OC(C)(C)C)ccc1Cl. The quantitative estimate of drug-likeness (QED) is 0.520. The highest BCUT2D eigenvalue weighted by Gasteiger charge is 2.18. The van der Waals surface area contributed by atoms with E-state index in [1.54, 1.807) is 20.8 Å². The Labute approximate surface area is 133 Å². The first-order chi connectivity index (χ1) is 10.1. The van der Waals surface area contributed by atoms with E-state index in [0.29, 0.717) is 5.69 Å². The van der Waals surface area contributed by atoms with Crippen LogP contribution in [-0.4, -0.2) is 30.6 Å². The molecular weight excluding hydrogens is 310 g/mol. The maximum absolute atomic E-state index is 12.0. The number of benzene rings is 1. The number of anilines is 1. The van der Waals surface area contributed by atoms with Crippen LogP contribution in [0.5, 0.6) is 0 Å². The average Bonchev–Trinajstić information content (AvgIpc) is 2.38. The number of amides is 1. The van der Waals surface area contributed by atoms with Crippen molar-refractivity contribution < 1.29 is 23.9 Å². The highest BCUT2D eigenvalue weighted by molar-refractivity contribution is 6.34. The molecule has 0 saturated heterocycles. The van der Waals surface area contributed by atoms with Crippen molar-refractivity contribution in [3.8, 4) is 0 Å². The van der Waals surface area contributed by atoms with Crippen molar-refractivity contribution in [2.75, 3.05) is 12.4 Å². The molecule has 0 fully saturated rings. The molecule has 1 amide bonds. The van der Waals surface area contributed by atoms with Crippen molar-refractivity contribution in [1.82, 2.24) is 0 Å². The predicted molar refractivity (Wildman–Crippen MR) is 82.3 cm³/mol. The Morgan fingerprint density at radius 1 is 1.23 bits per heavy atom. The van der Waals surface area contributed by atoms with Crippen LogP contribution in [0.4, 0.5) is 10.5 Å². The summed E-state index contributed by atoms with van der Waals surface area (Å²) in [5.74, 6) is -1.16. The van der Waals surface area contributed by atoms with Gasteiger partial charge in [0.25, 0.3) is 0 Å². The molecule has 0 radical (unpaired) electrons. The van der Waals surface area contributed by atoms with Gasteiger partial charge in [-0.3, -0.25) is 14.9 Å². The van der Waals surface area contributed by atoms with Crippen LogP contribution >= 0.6 is 11.6 Å². The van der Waals surface area contributed by atoms with Crippen molar-refractivity contribution in [3.63, 3.8) is 0 Å². The van der Waals surface area contributed by atoms with Gasteiger partial charge in [-0.25, -0.2) is 4.79 Å². The summed E-state index contributed by atoms with van der Waals surface area (Å²) in [6.07, 6.45) is -1.08. The number of rotatable bonds is 4. The Bertz CT molecular complexity index is 592. The first-order valence-corrected chi connectivity index (χ1v) is 6.90. The van der Waals surface area contributed by atoms with E-state index < -0.39 is 29.9 Å². The molecule has 1 N–H and O–H groups in total. The molecule has 120 valence electrons. The number of ether oxygens (including phenoxy) is 2. The molecule has 22 heavy (non-hydrogen) atoms. The molecule has 0 aliphatic carbocycles. The Morgan fingerprint density at radius 2 is 1.86 bits per heavy atom. The van der Waals surface area contributed by atoms with E-state index in [0.717, 1.165) is 0 Å². The molecule has 0 aliphatic heterocycles. The number of halogens is 1.